The lowest BCUT2D eigenvalue weighted by Gasteiger charge is -2.15. The molecule has 2 heterocycles. The van der Waals surface area contributed by atoms with Crippen molar-refractivity contribution in [3.63, 3.8) is 0 Å². The SMILES string of the molecule is COc1ccc(Cc2n[nH]c3nc(C4CC4)c(/C=C/C(O)CC(O)CC(=O)O)c(-c4ccc(F)cc4)c23)cc1. The van der Waals surface area contributed by atoms with E-state index in [9.17, 15) is 19.4 Å². The summed E-state index contributed by atoms with van der Waals surface area (Å²) in [6, 6.07) is 14.0. The molecule has 2 atom stereocenters. The third-order valence-electron chi connectivity index (χ3n) is 6.89. The maximum atomic E-state index is 13.9. The first-order chi connectivity index (χ1) is 18.8. The number of hydrogen-bond donors (Lipinski definition) is 4. The molecule has 1 fully saturated rings. The van der Waals surface area contributed by atoms with Gasteiger partial charge in [0.1, 0.15) is 11.6 Å². The van der Waals surface area contributed by atoms with Gasteiger partial charge in [-0.3, -0.25) is 9.89 Å². The Hall–Kier alpha value is -4.08. The third kappa shape index (κ3) is 6.16. The highest BCUT2D eigenvalue weighted by molar-refractivity contribution is 6.00. The first-order valence-corrected chi connectivity index (χ1v) is 12.9. The van der Waals surface area contributed by atoms with Crippen molar-refractivity contribution in [3.8, 4) is 16.9 Å². The van der Waals surface area contributed by atoms with E-state index in [1.807, 2.05) is 24.3 Å². The number of halogens is 1. The number of aliphatic carboxylic acids is 1. The zero-order chi connectivity index (χ0) is 27.5. The second-order valence-corrected chi connectivity index (χ2v) is 9.90. The van der Waals surface area contributed by atoms with Crippen molar-refractivity contribution in [2.45, 2.75) is 50.2 Å². The van der Waals surface area contributed by atoms with Crippen LogP contribution in [0.3, 0.4) is 0 Å². The highest BCUT2D eigenvalue weighted by Gasteiger charge is 2.31. The Morgan fingerprint density at radius 3 is 2.51 bits per heavy atom. The minimum absolute atomic E-state index is 0.114. The number of carboxylic acids is 1. The number of aliphatic hydroxyl groups excluding tert-OH is 2. The number of hydrogen-bond acceptors (Lipinski definition) is 6. The van der Waals surface area contributed by atoms with Gasteiger partial charge in [-0.1, -0.05) is 36.4 Å². The summed E-state index contributed by atoms with van der Waals surface area (Å²) in [5, 5.41) is 38.0. The maximum Gasteiger partial charge on any atom is 0.305 e. The molecule has 5 rings (SSSR count). The molecule has 0 radical (unpaired) electrons. The van der Waals surface area contributed by atoms with Crippen LogP contribution in [0.25, 0.3) is 28.2 Å². The maximum absolute atomic E-state index is 13.9. The predicted octanol–water partition coefficient (Wildman–Crippen LogP) is 4.84. The second-order valence-electron chi connectivity index (χ2n) is 9.90. The number of benzene rings is 2. The summed E-state index contributed by atoms with van der Waals surface area (Å²) in [5.41, 5.74) is 5.69. The number of rotatable bonds is 11. The topological polar surface area (TPSA) is 129 Å². The number of aliphatic hydroxyl groups is 2. The number of methoxy groups -OCH3 is 1. The number of nitrogens with zero attached hydrogens (tertiary/aromatic N) is 2. The van der Waals surface area contributed by atoms with Gasteiger partial charge in [-0.05, 0) is 48.2 Å². The molecule has 1 saturated carbocycles. The predicted molar refractivity (Wildman–Crippen MR) is 145 cm³/mol. The van der Waals surface area contributed by atoms with Gasteiger partial charge in [-0.15, -0.1) is 0 Å². The van der Waals surface area contributed by atoms with E-state index in [2.05, 4.69) is 10.2 Å². The van der Waals surface area contributed by atoms with Crippen molar-refractivity contribution >= 4 is 23.1 Å². The summed E-state index contributed by atoms with van der Waals surface area (Å²) in [5.74, 6) is -0.478. The molecule has 2 unspecified atom stereocenters. The number of pyridine rings is 1. The molecule has 0 spiro atoms. The van der Waals surface area contributed by atoms with E-state index >= 15 is 0 Å². The van der Waals surface area contributed by atoms with Crippen LogP contribution in [0, 0.1) is 5.82 Å². The highest BCUT2D eigenvalue weighted by atomic mass is 19.1. The lowest BCUT2D eigenvalue weighted by atomic mass is 9.91. The summed E-state index contributed by atoms with van der Waals surface area (Å²) in [6.07, 6.45) is 3.02. The quantitative estimate of drug-likeness (QED) is 0.218. The fourth-order valence-corrected chi connectivity index (χ4v) is 4.82. The van der Waals surface area contributed by atoms with Crippen LogP contribution in [0.2, 0.25) is 0 Å². The van der Waals surface area contributed by atoms with Crippen molar-refractivity contribution in [1.29, 1.82) is 0 Å². The first kappa shape index (κ1) is 26.5. The molecule has 1 aliphatic carbocycles. The standard InChI is InChI=1S/C30H30FN3O5/c1-39-23-11-2-17(3-12-23)14-25-28-27(18-6-8-20(31)9-7-18)24(13-10-21(35)15-22(36)16-26(37)38)29(19-4-5-19)32-30(28)34-33-25/h2-3,6-13,19,21-22,35-36H,4-5,14-16H2,1H3,(H,37,38)(H,32,33,34)/b13-10+. The Bertz CT molecular complexity index is 1490. The van der Waals surface area contributed by atoms with Gasteiger partial charge in [0.25, 0.3) is 0 Å². The van der Waals surface area contributed by atoms with Crippen LogP contribution in [0.5, 0.6) is 5.75 Å². The number of H-pyrrole nitrogens is 1. The van der Waals surface area contributed by atoms with Crippen molar-refractivity contribution in [2.75, 3.05) is 7.11 Å². The van der Waals surface area contributed by atoms with Crippen molar-refractivity contribution in [2.24, 2.45) is 0 Å². The summed E-state index contributed by atoms with van der Waals surface area (Å²) < 4.78 is 19.2. The van der Waals surface area contributed by atoms with Crippen LogP contribution in [0.15, 0.2) is 54.6 Å². The van der Waals surface area contributed by atoms with E-state index in [0.717, 1.165) is 57.6 Å². The van der Waals surface area contributed by atoms with E-state index in [-0.39, 0.29) is 18.2 Å². The van der Waals surface area contributed by atoms with E-state index in [1.165, 1.54) is 12.1 Å². The molecule has 2 aromatic heterocycles. The fourth-order valence-electron chi connectivity index (χ4n) is 4.82. The second kappa shape index (κ2) is 11.3. The first-order valence-electron chi connectivity index (χ1n) is 12.9. The summed E-state index contributed by atoms with van der Waals surface area (Å²) in [7, 11) is 1.62. The Morgan fingerprint density at radius 1 is 1.15 bits per heavy atom. The zero-order valence-electron chi connectivity index (χ0n) is 21.5. The van der Waals surface area contributed by atoms with Crippen LogP contribution in [-0.4, -0.2) is 55.8 Å². The fraction of sp³-hybridized carbons (Fsp3) is 0.300. The summed E-state index contributed by atoms with van der Waals surface area (Å²) >= 11 is 0. The van der Waals surface area contributed by atoms with Gasteiger partial charge < -0.3 is 20.1 Å². The Kier molecular flexibility index (Phi) is 7.72. The average molecular weight is 532 g/mol. The molecule has 0 aliphatic heterocycles. The number of ether oxygens (including phenoxy) is 1. The van der Waals surface area contributed by atoms with Crippen molar-refractivity contribution in [3.05, 3.63) is 82.9 Å². The normalized spacial score (nSPS) is 15.1. The van der Waals surface area contributed by atoms with Crippen LogP contribution in [0.1, 0.15) is 54.1 Å². The van der Waals surface area contributed by atoms with E-state index < -0.39 is 24.6 Å². The van der Waals surface area contributed by atoms with E-state index in [0.29, 0.717) is 12.1 Å². The molecule has 4 N–H and O–H groups in total. The van der Waals surface area contributed by atoms with E-state index in [1.54, 1.807) is 31.4 Å². The van der Waals surface area contributed by atoms with Gasteiger partial charge in [0.15, 0.2) is 5.65 Å². The monoisotopic (exact) mass is 531 g/mol. The van der Waals surface area contributed by atoms with Crippen LogP contribution >= 0.6 is 0 Å². The van der Waals surface area contributed by atoms with Gasteiger partial charge in [0.2, 0.25) is 0 Å². The molecule has 2 aromatic carbocycles. The molecule has 0 saturated heterocycles. The molecule has 0 bridgehead atoms. The Labute approximate surface area is 224 Å². The van der Waals surface area contributed by atoms with Crippen molar-refractivity contribution < 1.29 is 29.2 Å². The Morgan fingerprint density at radius 2 is 1.87 bits per heavy atom. The molecule has 9 heteroatoms. The number of aromatic amines is 1. The minimum atomic E-state index is -1.17. The number of nitrogens with one attached hydrogen (secondary N) is 1. The molecule has 0 amide bonds. The third-order valence-corrected chi connectivity index (χ3v) is 6.89. The number of aromatic nitrogens is 3. The van der Waals surface area contributed by atoms with E-state index in [4.69, 9.17) is 14.8 Å². The van der Waals surface area contributed by atoms with Crippen molar-refractivity contribution in [1.82, 2.24) is 15.2 Å². The molecule has 4 aromatic rings. The highest BCUT2D eigenvalue weighted by Crippen LogP contribution is 2.46. The molecular weight excluding hydrogens is 501 g/mol. The lowest BCUT2D eigenvalue weighted by molar-refractivity contribution is -0.139. The molecule has 202 valence electrons. The lowest BCUT2D eigenvalue weighted by Crippen LogP contribution is -2.19. The van der Waals surface area contributed by atoms with Gasteiger partial charge in [0, 0.05) is 29.9 Å². The van der Waals surface area contributed by atoms with Crippen LogP contribution in [-0.2, 0) is 11.2 Å². The molecule has 39 heavy (non-hydrogen) atoms. The van der Waals surface area contributed by atoms with Gasteiger partial charge >= 0.3 is 5.97 Å². The van der Waals surface area contributed by atoms with Gasteiger partial charge in [-0.25, -0.2) is 9.37 Å². The average Bonchev–Trinajstić information content (AvgIpc) is 3.68. The zero-order valence-corrected chi connectivity index (χ0v) is 21.5. The summed E-state index contributed by atoms with van der Waals surface area (Å²) in [6.45, 7) is 0. The number of fused-ring (bicyclic) bond motifs is 1. The largest absolute Gasteiger partial charge is 0.497 e. The minimum Gasteiger partial charge on any atom is -0.497 e. The van der Waals surface area contributed by atoms with Gasteiger partial charge in [-0.2, -0.15) is 5.10 Å². The van der Waals surface area contributed by atoms with Gasteiger partial charge in [0.05, 0.1) is 42.5 Å². The smallest absolute Gasteiger partial charge is 0.305 e. The van der Waals surface area contributed by atoms with Crippen LogP contribution < -0.4 is 4.74 Å². The molecule has 1 aliphatic rings. The molecule has 8 nitrogen and oxygen atoms in total. The van der Waals surface area contributed by atoms with Crippen LogP contribution in [0.4, 0.5) is 4.39 Å². The number of carbonyl (C=O) groups is 1. The summed E-state index contributed by atoms with van der Waals surface area (Å²) in [4.78, 5) is 15.8. The Balaban J connectivity index is 1.62. The molecular formula is C30H30FN3O5. The number of carboxylic acid groups (broad SMARTS) is 1.